The Morgan fingerprint density at radius 1 is 1.03 bits per heavy atom. The molecule has 0 unspecified atom stereocenters. The highest BCUT2D eigenvalue weighted by molar-refractivity contribution is 8.05. The summed E-state index contributed by atoms with van der Waals surface area (Å²) in [7, 11) is 0. The SMILES string of the molecule is Cc1ccc(C[C@@H]2S/C(=C(/C#N)C(=O)Nc3ccccc3C)N(c3ccccc3C)C2=O)cc1Cl. The van der Waals surface area contributed by atoms with E-state index in [2.05, 4.69) is 11.4 Å². The number of benzene rings is 3. The summed E-state index contributed by atoms with van der Waals surface area (Å²) in [6.07, 6.45) is 0.424. The molecule has 0 radical (unpaired) electrons. The van der Waals surface area contributed by atoms with Crippen LogP contribution in [0.1, 0.15) is 22.3 Å². The topological polar surface area (TPSA) is 73.2 Å². The van der Waals surface area contributed by atoms with Gasteiger partial charge in [0.15, 0.2) is 0 Å². The van der Waals surface area contributed by atoms with E-state index in [1.54, 1.807) is 6.07 Å². The summed E-state index contributed by atoms with van der Waals surface area (Å²) in [5, 5.41) is 13.3. The van der Waals surface area contributed by atoms with Gasteiger partial charge in [0.2, 0.25) is 5.91 Å². The molecule has 1 heterocycles. The molecule has 7 heteroatoms. The van der Waals surface area contributed by atoms with Crippen LogP contribution in [-0.2, 0) is 16.0 Å². The number of nitriles is 1. The van der Waals surface area contributed by atoms with Crippen molar-refractivity contribution >= 4 is 46.6 Å². The van der Waals surface area contributed by atoms with Crippen LogP contribution in [-0.4, -0.2) is 17.1 Å². The van der Waals surface area contributed by atoms with Crippen LogP contribution < -0.4 is 10.2 Å². The number of halogens is 1. The van der Waals surface area contributed by atoms with Crippen LogP contribution in [0.25, 0.3) is 0 Å². The summed E-state index contributed by atoms with van der Waals surface area (Å²) in [5.74, 6) is -0.720. The van der Waals surface area contributed by atoms with Crippen LogP contribution in [0, 0.1) is 32.1 Å². The second-order valence-corrected chi connectivity index (χ2v) is 10.0. The molecule has 1 fully saturated rings. The first-order valence-corrected chi connectivity index (χ1v) is 12.4. The van der Waals surface area contributed by atoms with Crippen molar-refractivity contribution in [3.8, 4) is 6.07 Å². The molecule has 35 heavy (non-hydrogen) atoms. The van der Waals surface area contributed by atoms with Gasteiger partial charge in [0.1, 0.15) is 16.7 Å². The number of amides is 2. The predicted molar refractivity (Wildman–Crippen MR) is 142 cm³/mol. The minimum absolute atomic E-state index is 0.0979. The first kappa shape index (κ1) is 24.6. The number of hydrogen-bond acceptors (Lipinski definition) is 4. The summed E-state index contributed by atoms with van der Waals surface area (Å²) in [4.78, 5) is 28.4. The van der Waals surface area contributed by atoms with Gasteiger partial charge in [-0.05, 0) is 67.6 Å². The summed E-state index contributed by atoms with van der Waals surface area (Å²) < 4.78 is 0. The van der Waals surface area contributed by atoms with Crippen LogP contribution in [0.5, 0.6) is 0 Å². The molecule has 0 aromatic heterocycles. The van der Waals surface area contributed by atoms with Crippen LogP contribution in [0.2, 0.25) is 5.02 Å². The lowest BCUT2D eigenvalue weighted by molar-refractivity contribution is -0.117. The fourth-order valence-corrected chi connectivity index (χ4v) is 5.40. The van der Waals surface area contributed by atoms with Crippen molar-refractivity contribution < 1.29 is 9.59 Å². The maximum Gasteiger partial charge on any atom is 0.269 e. The third kappa shape index (κ3) is 5.12. The number of nitrogens with one attached hydrogen (secondary N) is 1. The van der Waals surface area contributed by atoms with E-state index in [0.29, 0.717) is 27.8 Å². The van der Waals surface area contributed by atoms with Crippen LogP contribution in [0.3, 0.4) is 0 Å². The minimum Gasteiger partial charge on any atom is -0.321 e. The number of carbonyl (C=O) groups is 2. The number of nitrogens with zero attached hydrogens (tertiary/aromatic N) is 2. The van der Waals surface area contributed by atoms with E-state index in [0.717, 1.165) is 22.3 Å². The van der Waals surface area contributed by atoms with Gasteiger partial charge in [0, 0.05) is 10.7 Å². The van der Waals surface area contributed by atoms with Gasteiger partial charge < -0.3 is 5.32 Å². The van der Waals surface area contributed by atoms with Crippen molar-refractivity contribution in [1.29, 1.82) is 5.26 Å². The fourth-order valence-electron chi connectivity index (χ4n) is 3.90. The molecule has 0 spiro atoms. The molecule has 2 amide bonds. The third-order valence-corrected chi connectivity index (χ3v) is 7.58. The van der Waals surface area contributed by atoms with Gasteiger partial charge >= 0.3 is 0 Å². The Kier molecular flexibility index (Phi) is 7.30. The second kappa shape index (κ2) is 10.4. The average molecular weight is 502 g/mol. The highest BCUT2D eigenvalue weighted by atomic mass is 35.5. The van der Waals surface area contributed by atoms with E-state index >= 15 is 0 Å². The predicted octanol–water partition coefficient (Wildman–Crippen LogP) is 6.33. The average Bonchev–Trinajstić information content (AvgIpc) is 3.14. The van der Waals surface area contributed by atoms with Gasteiger partial charge in [-0.2, -0.15) is 5.26 Å². The van der Waals surface area contributed by atoms with Gasteiger partial charge in [0.05, 0.1) is 10.9 Å². The Labute approximate surface area is 214 Å². The van der Waals surface area contributed by atoms with E-state index in [1.165, 1.54) is 16.7 Å². The molecule has 4 rings (SSSR count). The second-order valence-electron chi connectivity index (χ2n) is 8.42. The van der Waals surface area contributed by atoms with Crippen LogP contribution in [0.4, 0.5) is 11.4 Å². The maximum absolute atomic E-state index is 13.7. The van der Waals surface area contributed by atoms with Gasteiger partial charge in [0.25, 0.3) is 5.91 Å². The lowest BCUT2D eigenvalue weighted by Gasteiger charge is -2.20. The van der Waals surface area contributed by atoms with Gasteiger partial charge in [-0.15, -0.1) is 0 Å². The summed E-state index contributed by atoms with van der Waals surface area (Å²) in [6.45, 7) is 5.71. The van der Waals surface area contributed by atoms with E-state index in [1.807, 2.05) is 81.4 Å². The Hall–Kier alpha value is -3.53. The highest BCUT2D eigenvalue weighted by Gasteiger charge is 2.41. The quantitative estimate of drug-likeness (QED) is 0.327. The van der Waals surface area contributed by atoms with E-state index in [-0.39, 0.29) is 11.5 Å². The zero-order valence-corrected chi connectivity index (χ0v) is 21.2. The number of hydrogen-bond donors (Lipinski definition) is 1. The molecule has 1 aliphatic rings. The fraction of sp³-hybridized carbons (Fsp3) is 0.179. The highest BCUT2D eigenvalue weighted by Crippen LogP contribution is 2.43. The zero-order chi connectivity index (χ0) is 25.1. The van der Waals surface area contributed by atoms with Crippen molar-refractivity contribution in [2.24, 2.45) is 0 Å². The molecule has 1 aliphatic heterocycles. The van der Waals surface area contributed by atoms with E-state index in [9.17, 15) is 14.9 Å². The Balaban J connectivity index is 1.76. The minimum atomic E-state index is -0.547. The van der Waals surface area contributed by atoms with Crippen molar-refractivity contribution in [3.63, 3.8) is 0 Å². The van der Waals surface area contributed by atoms with Crippen molar-refractivity contribution in [2.45, 2.75) is 32.4 Å². The van der Waals surface area contributed by atoms with Gasteiger partial charge in [-0.3, -0.25) is 14.5 Å². The smallest absolute Gasteiger partial charge is 0.269 e. The molecule has 1 saturated heterocycles. The van der Waals surface area contributed by atoms with Crippen molar-refractivity contribution in [1.82, 2.24) is 0 Å². The van der Waals surface area contributed by atoms with Gasteiger partial charge in [-0.1, -0.05) is 71.9 Å². The Morgan fingerprint density at radius 3 is 2.37 bits per heavy atom. The molecule has 5 nitrogen and oxygen atoms in total. The first-order valence-electron chi connectivity index (χ1n) is 11.1. The largest absolute Gasteiger partial charge is 0.321 e. The van der Waals surface area contributed by atoms with E-state index < -0.39 is 11.2 Å². The Bertz CT molecular complexity index is 1390. The summed E-state index contributed by atoms with van der Waals surface area (Å²) >= 11 is 7.55. The molecular formula is C28H24ClN3O2S. The number of carbonyl (C=O) groups excluding carboxylic acids is 2. The van der Waals surface area contributed by atoms with Gasteiger partial charge in [-0.25, -0.2) is 0 Å². The summed E-state index contributed by atoms with van der Waals surface area (Å²) in [5.41, 5.74) is 4.80. The molecule has 1 N–H and O–H groups in total. The van der Waals surface area contributed by atoms with E-state index in [4.69, 9.17) is 11.6 Å². The molecule has 1 atom stereocenters. The zero-order valence-electron chi connectivity index (χ0n) is 19.6. The van der Waals surface area contributed by atoms with Crippen molar-refractivity contribution in [2.75, 3.05) is 10.2 Å². The summed E-state index contributed by atoms with van der Waals surface area (Å²) in [6, 6.07) is 22.6. The Morgan fingerprint density at radius 2 is 1.71 bits per heavy atom. The lowest BCUT2D eigenvalue weighted by atomic mass is 10.1. The number of para-hydroxylation sites is 2. The number of aryl methyl sites for hydroxylation is 3. The molecule has 0 bridgehead atoms. The normalized spacial score (nSPS) is 16.7. The number of rotatable bonds is 5. The monoisotopic (exact) mass is 501 g/mol. The number of thioether (sulfide) groups is 1. The molecule has 0 aliphatic carbocycles. The standard InChI is InChI=1S/C28H24ClN3O2S/c1-17-12-13-20(14-22(17)29)15-25-27(34)32(24-11-7-5-9-19(24)3)28(35-25)21(16-30)26(33)31-23-10-6-4-8-18(23)2/h4-14,25H,15H2,1-3H3,(H,31,33)/b28-21-/t25-/m0/s1. The molecular weight excluding hydrogens is 478 g/mol. The molecule has 3 aromatic rings. The number of anilines is 2. The van der Waals surface area contributed by atoms with Crippen LogP contribution in [0.15, 0.2) is 77.3 Å². The maximum atomic E-state index is 13.7. The first-order chi connectivity index (χ1) is 16.8. The lowest BCUT2D eigenvalue weighted by Crippen LogP contribution is -2.31. The van der Waals surface area contributed by atoms with Crippen molar-refractivity contribution in [3.05, 3.63) is 105 Å². The molecule has 3 aromatic carbocycles. The molecule has 0 saturated carbocycles. The van der Waals surface area contributed by atoms with Crippen LogP contribution >= 0.6 is 23.4 Å². The third-order valence-electron chi connectivity index (χ3n) is 5.91. The molecule has 176 valence electrons.